The second kappa shape index (κ2) is 5.02. The van der Waals surface area contributed by atoms with Crippen LogP contribution in [0.4, 0.5) is 0 Å². The molecule has 0 aliphatic heterocycles. The molecule has 1 aromatic heterocycles. The molecule has 0 aliphatic rings. The van der Waals surface area contributed by atoms with Crippen LogP contribution in [0.15, 0.2) is 32.8 Å². The molecule has 0 atom stereocenters. The van der Waals surface area contributed by atoms with E-state index >= 15 is 0 Å². The Labute approximate surface area is 92.2 Å². The summed E-state index contributed by atoms with van der Waals surface area (Å²) in [6.07, 6.45) is 5.48. The fourth-order valence-electron chi connectivity index (χ4n) is 1.11. The van der Waals surface area contributed by atoms with Gasteiger partial charge in [0, 0.05) is 26.0 Å². The zero-order valence-corrected chi connectivity index (χ0v) is 9.87. The first kappa shape index (κ1) is 11.8. The van der Waals surface area contributed by atoms with Crippen LogP contribution in [0.3, 0.4) is 0 Å². The lowest BCUT2D eigenvalue weighted by atomic mass is 10.6. The van der Waals surface area contributed by atoms with Crippen LogP contribution >= 0.6 is 11.8 Å². The van der Waals surface area contributed by atoms with E-state index in [1.807, 2.05) is 19.1 Å². The van der Waals surface area contributed by atoms with Gasteiger partial charge in [-0.25, -0.2) is 4.79 Å². The van der Waals surface area contributed by atoms with E-state index in [1.54, 1.807) is 13.2 Å². The van der Waals surface area contributed by atoms with Gasteiger partial charge in [0.2, 0.25) is 0 Å². The third-order valence-corrected chi connectivity index (χ3v) is 2.94. The Kier molecular flexibility index (Phi) is 3.96. The number of rotatable bonds is 3. The van der Waals surface area contributed by atoms with Gasteiger partial charge in [0.05, 0.1) is 4.90 Å². The molecule has 0 spiro atoms. The number of allylic oxidation sites excluding steroid dienone is 1. The molecule has 15 heavy (non-hydrogen) atoms. The van der Waals surface area contributed by atoms with Crippen LogP contribution in [0.1, 0.15) is 6.92 Å². The molecule has 82 valence electrons. The van der Waals surface area contributed by atoms with E-state index in [0.29, 0.717) is 4.90 Å². The van der Waals surface area contributed by atoms with Crippen LogP contribution in [0, 0.1) is 0 Å². The molecule has 0 bridgehead atoms. The van der Waals surface area contributed by atoms with Gasteiger partial charge in [0.25, 0.3) is 5.56 Å². The molecule has 1 heterocycles. The van der Waals surface area contributed by atoms with Gasteiger partial charge in [-0.15, -0.1) is 11.8 Å². The average Bonchev–Trinajstić information content (AvgIpc) is 2.23. The zero-order chi connectivity index (χ0) is 11.4. The number of hydrogen-bond acceptors (Lipinski definition) is 3. The highest BCUT2D eigenvalue weighted by atomic mass is 32.2. The SMILES string of the molecule is C/C=C/CSc1cn(C)c(=O)n(C)c1=O. The quantitative estimate of drug-likeness (QED) is 0.564. The third kappa shape index (κ3) is 2.62. The molecular weight excluding hydrogens is 212 g/mol. The molecule has 0 saturated carbocycles. The molecule has 0 aliphatic carbocycles. The van der Waals surface area contributed by atoms with E-state index < -0.39 is 0 Å². The molecule has 5 heteroatoms. The minimum absolute atomic E-state index is 0.229. The summed E-state index contributed by atoms with van der Waals surface area (Å²) in [6.45, 7) is 1.93. The number of thioether (sulfide) groups is 1. The topological polar surface area (TPSA) is 44.0 Å². The second-order valence-corrected chi connectivity index (χ2v) is 4.19. The summed E-state index contributed by atoms with van der Waals surface area (Å²) in [7, 11) is 3.13. The van der Waals surface area contributed by atoms with Crippen LogP contribution in [-0.4, -0.2) is 14.9 Å². The highest BCUT2D eigenvalue weighted by molar-refractivity contribution is 7.99. The van der Waals surface area contributed by atoms with Gasteiger partial charge in [-0.3, -0.25) is 9.36 Å². The van der Waals surface area contributed by atoms with Crippen molar-refractivity contribution in [1.29, 1.82) is 0 Å². The summed E-state index contributed by atoms with van der Waals surface area (Å²) in [6, 6.07) is 0. The smallest absolute Gasteiger partial charge is 0.302 e. The van der Waals surface area contributed by atoms with Crippen molar-refractivity contribution in [2.24, 2.45) is 14.1 Å². The summed E-state index contributed by atoms with van der Waals surface area (Å²) < 4.78 is 2.54. The summed E-state index contributed by atoms with van der Waals surface area (Å²) in [5.74, 6) is 0.740. The Morgan fingerprint density at radius 3 is 2.67 bits per heavy atom. The number of aryl methyl sites for hydroxylation is 1. The largest absolute Gasteiger partial charge is 0.330 e. The zero-order valence-electron chi connectivity index (χ0n) is 9.06. The van der Waals surface area contributed by atoms with Crippen molar-refractivity contribution in [2.75, 3.05) is 5.75 Å². The van der Waals surface area contributed by atoms with Crippen molar-refractivity contribution in [3.8, 4) is 0 Å². The van der Waals surface area contributed by atoms with E-state index in [0.717, 1.165) is 10.3 Å². The van der Waals surface area contributed by atoms with Gasteiger partial charge in [-0.1, -0.05) is 12.2 Å². The Balaban J connectivity index is 3.10. The lowest BCUT2D eigenvalue weighted by Gasteiger charge is -2.04. The first-order valence-electron chi connectivity index (χ1n) is 4.58. The van der Waals surface area contributed by atoms with Crippen molar-refractivity contribution >= 4 is 11.8 Å². The van der Waals surface area contributed by atoms with Crippen LogP contribution in [0.5, 0.6) is 0 Å². The first-order chi connectivity index (χ1) is 7.07. The fraction of sp³-hybridized carbons (Fsp3) is 0.400. The van der Waals surface area contributed by atoms with Crippen LogP contribution in [0.25, 0.3) is 0 Å². The summed E-state index contributed by atoms with van der Waals surface area (Å²) >= 11 is 1.43. The van der Waals surface area contributed by atoms with Gasteiger partial charge in [-0.2, -0.15) is 0 Å². The van der Waals surface area contributed by atoms with E-state index in [4.69, 9.17) is 0 Å². The predicted molar refractivity (Wildman–Crippen MR) is 62.5 cm³/mol. The Bertz CT molecular complexity index is 485. The number of hydrogen-bond donors (Lipinski definition) is 0. The number of aromatic nitrogens is 2. The first-order valence-corrected chi connectivity index (χ1v) is 5.57. The maximum absolute atomic E-state index is 11.6. The van der Waals surface area contributed by atoms with Crippen molar-refractivity contribution in [1.82, 2.24) is 9.13 Å². The normalized spacial score (nSPS) is 11.1. The lowest BCUT2D eigenvalue weighted by molar-refractivity contribution is 0.662. The molecule has 1 rings (SSSR count). The van der Waals surface area contributed by atoms with Crippen molar-refractivity contribution < 1.29 is 0 Å². The summed E-state index contributed by atoms with van der Waals surface area (Å²) in [5.41, 5.74) is -0.525. The molecule has 0 unspecified atom stereocenters. The predicted octanol–water partition coefficient (Wildman–Crippen LogP) is 0.752. The van der Waals surface area contributed by atoms with Gasteiger partial charge in [0.15, 0.2) is 0 Å². The van der Waals surface area contributed by atoms with E-state index in [9.17, 15) is 9.59 Å². The molecule has 1 aromatic rings. The van der Waals surface area contributed by atoms with Gasteiger partial charge < -0.3 is 4.57 Å². The lowest BCUT2D eigenvalue weighted by Crippen LogP contribution is -2.37. The maximum Gasteiger partial charge on any atom is 0.330 e. The van der Waals surface area contributed by atoms with E-state index in [1.165, 1.54) is 23.4 Å². The molecule has 0 aromatic carbocycles. The van der Waals surface area contributed by atoms with Gasteiger partial charge in [0.1, 0.15) is 0 Å². The molecular formula is C10H14N2O2S. The van der Waals surface area contributed by atoms with Crippen molar-refractivity contribution in [3.63, 3.8) is 0 Å². The maximum atomic E-state index is 11.6. The van der Waals surface area contributed by atoms with E-state index in [-0.39, 0.29) is 11.2 Å². The Hall–Kier alpha value is -1.23. The number of nitrogens with zero attached hydrogens (tertiary/aromatic N) is 2. The highest BCUT2D eigenvalue weighted by Gasteiger charge is 2.05. The van der Waals surface area contributed by atoms with E-state index in [2.05, 4.69) is 0 Å². The molecule has 0 fully saturated rings. The van der Waals surface area contributed by atoms with Crippen molar-refractivity contribution in [3.05, 3.63) is 39.2 Å². The van der Waals surface area contributed by atoms with Crippen LogP contribution < -0.4 is 11.2 Å². The second-order valence-electron chi connectivity index (χ2n) is 3.13. The molecule has 0 radical (unpaired) electrons. The molecule has 0 N–H and O–H groups in total. The summed E-state index contributed by atoms with van der Waals surface area (Å²) in [5, 5.41) is 0. The average molecular weight is 226 g/mol. The monoisotopic (exact) mass is 226 g/mol. The highest BCUT2D eigenvalue weighted by Crippen LogP contribution is 2.11. The Morgan fingerprint density at radius 2 is 2.07 bits per heavy atom. The molecule has 0 amide bonds. The molecule has 4 nitrogen and oxygen atoms in total. The minimum Gasteiger partial charge on any atom is -0.302 e. The minimum atomic E-state index is -0.296. The van der Waals surface area contributed by atoms with Gasteiger partial charge in [-0.05, 0) is 6.92 Å². The van der Waals surface area contributed by atoms with Gasteiger partial charge >= 0.3 is 5.69 Å². The van der Waals surface area contributed by atoms with Crippen molar-refractivity contribution in [2.45, 2.75) is 11.8 Å². The Morgan fingerprint density at radius 1 is 1.40 bits per heavy atom. The third-order valence-electron chi connectivity index (χ3n) is 1.99. The van der Waals surface area contributed by atoms with Crippen LogP contribution in [-0.2, 0) is 14.1 Å². The molecule has 0 saturated heterocycles. The fourth-order valence-corrected chi connectivity index (χ4v) is 2.07. The standard InChI is InChI=1S/C10H14N2O2S/c1-4-5-6-15-8-7-11(2)10(14)12(3)9(8)13/h4-5,7H,6H2,1-3H3/b5-4+. The summed E-state index contributed by atoms with van der Waals surface area (Å²) in [4.78, 5) is 23.6. The van der Waals surface area contributed by atoms with Crippen LogP contribution in [0.2, 0.25) is 0 Å².